The van der Waals surface area contributed by atoms with Crippen LogP contribution >= 0.6 is 22.9 Å². The largest absolute Gasteiger partial charge is 0.493 e. The maximum atomic E-state index is 13.1. The molecule has 0 saturated carbocycles. The number of aldehydes is 1. The van der Waals surface area contributed by atoms with Crippen LogP contribution in [0.5, 0.6) is 11.5 Å². The van der Waals surface area contributed by atoms with E-state index in [0.29, 0.717) is 33.7 Å². The number of thiophene rings is 1. The predicted molar refractivity (Wildman–Crippen MR) is 146 cm³/mol. The molecule has 0 radical (unpaired) electrons. The zero-order valence-corrected chi connectivity index (χ0v) is 22.0. The number of rotatable bonds is 11. The summed E-state index contributed by atoms with van der Waals surface area (Å²) >= 11 is 7.42. The van der Waals surface area contributed by atoms with Crippen LogP contribution < -0.4 is 20.1 Å². The Hall–Kier alpha value is -3.07. The maximum absolute atomic E-state index is 13.1. The fourth-order valence-corrected chi connectivity index (χ4v) is 5.39. The van der Waals surface area contributed by atoms with Gasteiger partial charge in [0.25, 0.3) is 5.91 Å². The van der Waals surface area contributed by atoms with Gasteiger partial charge in [-0.1, -0.05) is 23.7 Å². The van der Waals surface area contributed by atoms with Gasteiger partial charge in [0.1, 0.15) is 11.2 Å². The number of halogens is 1. The lowest BCUT2D eigenvalue weighted by Gasteiger charge is -2.16. The Morgan fingerprint density at radius 3 is 2.69 bits per heavy atom. The molecule has 4 rings (SSSR count). The molecule has 3 aromatic rings. The molecule has 1 aliphatic heterocycles. The number of amides is 1. The zero-order valence-electron chi connectivity index (χ0n) is 20.4. The molecule has 1 saturated heterocycles. The lowest BCUT2D eigenvalue weighted by Crippen LogP contribution is -2.23. The highest BCUT2D eigenvalue weighted by molar-refractivity contribution is 7.18. The fourth-order valence-electron chi connectivity index (χ4n) is 4.20. The van der Waals surface area contributed by atoms with Gasteiger partial charge in [-0.25, -0.2) is 0 Å². The van der Waals surface area contributed by atoms with Crippen molar-refractivity contribution in [1.82, 2.24) is 4.90 Å². The molecule has 0 unspecified atom stereocenters. The Bertz CT molecular complexity index is 1200. The Morgan fingerprint density at radius 1 is 1.19 bits per heavy atom. The van der Waals surface area contributed by atoms with Crippen molar-refractivity contribution in [2.45, 2.75) is 12.8 Å². The molecule has 1 aliphatic rings. The quantitative estimate of drug-likeness (QED) is 0.247. The Morgan fingerprint density at radius 2 is 2.00 bits per heavy atom. The van der Waals surface area contributed by atoms with E-state index in [1.807, 2.05) is 30.3 Å². The molecule has 2 N–H and O–H groups in total. The molecule has 9 heteroatoms. The molecule has 0 bridgehead atoms. The molecule has 0 spiro atoms. The Kier molecular flexibility index (Phi) is 8.85. The summed E-state index contributed by atoms with van der Waals surface area (Å²) in [7, 11) is 3.37. The second-order valence-electron chi connectivity index (χ2n) is 8.62. The number of likely N-dealkylation sites (tertiary alicyclic amines) is 1. The first-order chi connectivity index (χ1) is 17.5. The summed E-state index contributed by atoms with van der Waals surface area (Å²) in [6.45, 7) is 3.23. The molecule has 0 aliphatic carbocycles. The average Bonchev–Trinajstić information content (AvgIpc) is 3.54. The van der Waals surface area contributed by atoms with Crippen molar-refractivity contribution < 1.29 is 19.1 Å². The van der Waals surface area contributed by atoms with Crippen LogP contribution in [0.25, 0.3) is 10.4 Å². The van der Waals surface area contributed by atoms with E-state index >= 15 is 0 Å². The van der Waals surface area contributed by atoms with Gasteiger partial charge < -0.3 is 29.8 Å². The third-order valence-electron chi connectivity index (χ3n) is 6.14. The summed E-state index contributed by atoms with van der Waals surface area (Å²) in [5.41, 5.74) is 2.37. The van der Waals surface area contributed by atoms with Crippen LogP contribution in [0.4, 0.5) is 11.4 Å². The number of carbonyl (C=O) groups excluding carboxylic acids is 2. The van der Waals surface area contributed by atoms with Crippen LogP contribution in [0.15, 0.2) is 48.5 Å². The molecule has 1 fully saturated rings. The molecule has 1 aromatic heterocycles. The number of ether oxygens (including phenoxy) is 2. The molecule has 1 amide bonds. The normalized spacial score (nSPS) is 15.5. The van der Waals surface area contributed by atoms with Crippen molar-refractivity contribution >= 4 is 46.5 Å². The average molecular weight is 528 g/mol. The molecule has 2 aromatic carbocycles. The zero-order chi connectivity index (χ0) is 25.5. The van der Waals surface area contributed by atoms with Crippen LogP contribution in [0.1, 0.15) is 22.5 Å². The number of methoxy groups -OCH3 is 1. The summed E-state index contributed by atoms with van der Waals surface area (Å²) in [5.74, 6) is 1.13. The van der Waals surface area contributed by atoms with Crippen molar-refractivity contribution in [2.75, 3.05) is 51.0 Å². The lowest BCUT2D eigenvalue weighted by atomic mass is 10.1. The van der Waals surface area contributed by atoms with Crippen molar-refractivity contribution in [3.63, 3.8) is 0 Å². The molecule has 1 atom stereocenters. The van der Waals surface area contributed by atoms with E-state index in [-0.39, 0.29) is 11.8 Å². The molecular weight excluding hydrogens is 498 g/mol. The van der Waals surface area contributed by atoms with Crippen LogP contribution in [-0.2, 0) is 4.79 Å². The monoisotopic (exact) mass is 527 g/mol. The number of carbonyl (C=O) groups is 2. The van der Waals surface area contributed by atoms with Gasteiger partial charge in [-0.05, 0) is 55.3 Å². The fraction of sp³-hybridized carbons (Fsp3) is 0.333. The van der Waals surface area contributed by atoms with E-state index in [4.69, 9.17) is 21.1 Å². The van der Waals surface area contributed by atoms with Crippen molar-refractivity contribution in [2.24, 2.45) is 5.92 Å². The van der Waals surface area contributed by atoms with Gasteiger partial charge in [0.15, 0.2) is 11.5 Å². The molecule has 2 heterocycles. The Labute approximate surface area is 220 Å². The van der Waals surface area contributed by atoms with E-state index in [2.05, 4.69) is 15.5 Å². The minimum Gasteiger partial charge on any atom is -0.493 e. The third kappa shape index (κ3) is 6.37. The number of hydrogen-bond acceptors (Lipinski definition) is 7. The molecular formula is C27H30ClN3O4S. The van der Waals surface area contributed by atoms with Gasteiger partial charge in [0.2, 0.25) is 0 Å². The van der Waals surface area contributed by atoms with Crippen LogP contribution in [0.2, 0.25) is 5.02 Å². The number of benzene rings is 2. The van der Waals surface area contributed by atoms with E-state index in [0.717, 1.165) is 54.9 Å². The van der Waals surface area contributed by atoms with Gasteiger partial charge >= 0.3 is 0 Å². The van der Waals surface area contributed by atoms with Gasteiger partial charge in [-0.3, -0.25) is 4.79 Å². The van der Waals surface area contributed by atoms with Gasteiger partial charge in [-0.15, -0.1) is 11.3 Å². The standard InChI is InChI=1S/C27H30ClN3O4S/c1-29-22-15-25(19-4-6-20(28)7-5-19)36-26(22)27(33)30-21-8-9-23(24(14-21)34-2)35-13-3-11-31-12-10-18(16-31)17-32/h4-9,14-15,17-18,29H,3,10-13,16H2,1-2H3,(H,30,33)/t18-/m1/s1. The van der Waals surface area contributed by atoms with E-state index in [9.17, 15) is 9.59 Å². The SMILES string of the molecule is CNc1cc(-c2ccc(Cl)cc2)sc1C(=O)Nc1ccc(OCCCN2CC[C@@H](C=O)C2)c(OC)c1. The molecule has 190 valence electrons. The van der Waals surface area contributed by atoms with Gasteiger partial charge in [0.05, 0.1) is 19.4 Å². The highest BCUT2D eigenvalue weighted by atomic mass is 35.5. The van der Waals surface area contributed by atoms with Crippen molar-refractivity contribution in [3.8, 4) is 21.9 Å². The first-order valence-electron chi connectivity index (χ1n) is 11.9. The number of nitrogens with one attached hydrogen (secondary N) is 2. The van der Waals surface area contributed by atoms with Crippen LogP contribution in [0, 0.1) is 5.92 Å². The Balaban J connectivity index is 1.37. The number of hydrogen-bond donors (Lipinski definition) is 2. The highest BCUT2D eigenvalue weighted by Gasteiger charge is 2.21. The van der Waals surface area contributed by atoms with Crippen molar-refractivity contribution in [1.29, 1.82) is 0 Å². The lowest BCUT2D eigenvalue weighted by molar-refractivity contribution is -0.110. The predicted octanol–water partition coefficient (Wildman–Crippen LogP) is 5.66. The summed E-state index contributed by atoms with van der Waals surface area (Å²) in [5, 5.41) is 6.74. The third-order valence-corrected chi connectivity index (χ3v) is 7.57. The molecule has 36 heavy (non-hydrogen) atoms. The second kappa shape index (κ2) is 12.3. The first kappa shape index (κ1) is 26.0. The number of anilines is 2. The minimum absolute atomic E-state index is 0.163. The van der Waals surface area contributed by atoms with E-state index in [1.165, 1.54) is 11.3 Å². The van der Waals surface area contributed by atoms with E-state index in [1.54, 1.807) is 32.4 Å². The summed E-state index contributed by atoms with van der Waals surface area (Å²) in [6, 6.07) is 14.9. The first-order valence-corrected chi connectivity index (χ1v) is 13.1. The van der Waals surface area contributed by atoms with Gasteiger partial charge in [0, 0.05) is 47.7 Å². The van der Waals surface area contributed by atoms with Crippen LogP contribution in [0.3, 0.4) is 0 Å². The number of nitrogens with zero attached hydrogens (tertiary/aromatic N) is 1. The summed E-state index contributed by atoms with van der Waals surface area (Å²) < 4.78 is 11.4. The minimum atomic E-state index is -0.209. The maximum Gasteiger partial charge on any atom is 0.267 e. The summed E-state index contributed by atoms with van der Waals surface area (Å²) in [4.78, 5) is 27.9. The van der Waals surface area contributed by atoms with E-state index < -0.39 is 0 Å². The van der Waals surface area contributed by atoms with Crippen molar-refractivity contribution in [3.05, 3.63) is 58.4 Å². The van der Waals surface area contributed by atoms with Crippen LogP contribution in [-0.4, -0.2) is 57.5 Å². The highest BCUT2D eigenvalue weighted by Crippen LogP contribution is 2.36. The topological polar surface area (TPSA) is 79.9 Å². The molecule has 7 nitrogen and oxygen atoms in total. The second-order valence-corrected chi connectivity index (χ2v) is 10.1. The smallest absolute Gasteiger partial charge is 0.267 e. The van der Waals surface area contributed by atoms with Gasteiger partial charge in [-0.2, -0.15) is 0 Å². The summed E-state index contributed by atoms with van der Waals surface area (Å²) in [6.07, 6.45) is 2.85.